The van der Waals surface area contributed by atoms with Crippen LogP contribution < -0.4 is 10.2 Å². The molecule has 5 heteroatoms. The topological polar surface area (TPSA) is 73.2 Å². The minimum absolute atomic E-state index is 0.152. The third-order valence-electron chi connectivity index (χ3n) is 2.75. The molecule has 1 N–H and O–H groups in total. The summed E-state index contributed by atoms with van der Waals surface area (Å²) in [6, 6.07) is 8.44. The van der Waals surface area contributed by atoms with Crippen molar-refractivity contribution in [2.24, 2.45) is 0 Å². The number of carbonyl (C=O) groups excluding carboxylic acids is 2. The molecule has 1 atom stereocenters. The summed E-state index contributed by atoms with van der Waals surface area (Å²) in [5, 5.41) is 11.0. The molecule has 1 saturated heterocycles. The third kappa shape index (κ3) is 2.11. The first-order chi connectivity index (χ1) is 8.11. The Hall–Kier alpha value is -2.35. The lowest BCUT2D eigenvalue weighted by molar-refractivity contribution is -0.132. The van der Waals surface area contributed by atoms with Gasteiger partial charge in [0.1, 0.15) is 6.04 Å². The van der Waals surface area contributed by atoms with Crippen LogP contribution in [0.4, 0.5) is 5.69 Å². The number of carbonyl (C=O) groups is 2. The van der Waals surface area contributed by atoms with E-state index in [-0.39, 0.29) is 24.4 Å². The highest BCUT2D eigenvalue weighted by atomic mass is 16.2. The van der Waals surface area contributed by atoms with Gasteiger partial charge in [-0.25, -0.2) is 0 Å². The molecule has 2 rings (SSSR count). The monoisotopic (exact) mass is 229 g/mol. The number of imide groups is 1. The van der Waals surface area contributed by atoms with Crippen LogP contribution in [-0.2, 0) is 9.59 Å². The van der Waals surface area contributed by atoms with E-state index in [1.807, 2.05) is 6.07 Å². The highest BCUT2D eigenvalue weighted by Gasteiger charge is 2.30. The van der Waals surface area contributed by atoms with Gasteiger partial charge in [0.05, 0.1) is 18.2 Å². The van der Waals surface area contributed by atoms with Crippen LogP contribution in [0.15, 0.2) is 24.3 Å². The fourth-order valence-electron chi connectivity index (χ4n) is 1.76. The number of benzene rings is 1. The lowest BCUT2D eigenvalue weighted by Crippen LogP contribution is -2.57. The quantitative estimate of drug-likeness (QED) is 0.708. The fraction of sp³-hybridized carbons (Fsp3) is 0.250. The molecule has 0 spiro atoms. The van der Waals surface area contributed by atoms with Crippen molar-refractivity contribution in [3.05, 3.63) is 29.8 Å². The Labute approximate surface area is 98.6 Å². The maximum absolute atomic E-state index is 11.5. The van der Waals surface area contributed by atoms with Gasteiger partial charge >= 0.3 is 0 Å². The minimum atomic E-state index is -0.388. The average molecular weight is 229 g/mol. The molecule has 1 aliphatic rings. The molecule has 5 nitrogen and oxygen atoms in total. The first-order valence-corrected chi connectivity index (χ1v) is 5.22. The van der Waals surface area contributed by atoms with Crippen molar-refractivity contribution < 1.29 is 9.59 Å². The summed E-state index contributed by atoms with van der Waals surface area (Å²) in [6.45, 7) is 1.89. The summed E-state index contributed by atoms with van der Waals surface area (Å²) < 4.78 is 0. The number of anilines is 1. The molecule has 1 aliphatic heterocycles. The van der Waals surface area contributed by atoms with Crippen molar-refractivity contribution in [2.75, 3.05) is 11.4 Å². The van der Waals surface area contributed by atoms with Crippen molar-refractivity contribution in [2.45, 2.75) is 13.0 Å². The lowest BCUT2D eigenvalue weighted by atomic mass is 10.1. The molecule has 1 fully saturated rings. The summed E-state index contributed by atoms with van der Waals surface area (Å²) >= 11 is 0. The Bertz CT molecular complexity index is 501. The molecule has 0 saturated carbocycles. The van der Waals surface area contributed by atoms with Gasteiger partial charge in [0.2, 0.25) is 11.8 Å². The SMILES string of the molecule is CC1C(=O)NC(=O)CN1c1ccc(C#N)cc1. The van der Waals surface area contributed by atoms with Crippen molar-refractivity contribution in [1.82, 2.24) is 5.32 Å². The van der Waals surface area contributed by atoms with Gasteiger partial charge in [0.25, 0.3) is 0 Å². The third-order valence-corrected chi connectivity index (χ3v) is 2.75. The highest BCUT2D eigenvalue weighted by Crippen LogP contribution is 2.19. The zero-order valence-electron chi connectivity index (χ0n) is 9.30. The van der Waals surface area contributed by atoms with E-state index in [2.05, 4.69) is 5.32 Å². The van der Waals surface area contributed by atoms with Gasteiger partial charge in [-0.1, -0.05) is 0 Å². The maximum atomic E-state index is 11.5. The zero-order chi connectivity index (χ0) is 12.4. The summed E-state index contributed by atoms with van der Waals surface area (Å²) in [5.41, 5.74) is 1.31. The van der Waals surface area contributed by atoms with Crippen LogP contribution in [0.3, 0.4) is 0 Å². The summed E-state index contributed by atoms with van der Waals surface area (Å²) in [4.78, 5) is 24.5. The molecule has 17 heavy (non-hydrogen) atoms. The van der Waals surface area contributed by atoms with E-state index in [1.54, 1.807) is 36.1 Å². The Morgan fingerprint density at radius 3 is 2.59 bits per heavy atom. The number of hydrogen-bond donors (Lipinski definition) is 1. The zero-order valence-corrected chi connectivity index (χ0v) is 9.30. The largest absolute Gasteiger partial charge is 0.350 e. The lowest BCUT2D eigenvalue weighted by Gasteiger charge is -2.33. The van der Waals surface area contributed by atoms with E-state index in [0.717, 1.165) is 5.69 Å². The average Bonchev–Trinajstić information content (AvgIpc) is 2.34. The second-order valence-corrected chi connectivity index (χ2v) is 3.87. The van der Waals surface area contributed by atoms with Crippen molar-refractivity contribution in [1.29, 1.82) is 5.26 Å². The molecule has 0 radical (unpaired) electrons. The summed E-state index contributed by atoms with van der Waals surface area (Å²) in [7, 11) is 0. The van der Waals surface area contributed by atoms with Crippen LogP contribution in [0.25, 0.3) is 0 Å². The number of amides is 2. The van der Waals surface area contributed by atoms with Gasteiger partial charge in [-0.15, -0.1) is 0 Å². The number of nitrogens with one attached hydrogen (secondary N) is 1. The van der Waals surface area contributed by atoms with E-state index in [9.17, 15) is 9.59 Å². The van der Waals surface area contributed by atoms with E-state index in [4.69, 9.17) is 5.26 Å². The van der Waals surface area contributed by atoms with Gasteiger partial charge in [0, 0.05) is 5.69 Å². The van der Waals surface area contributed by atoms with Gasteiger partial charge < -0.3 is 4.90 Å². The minimum Gasteiger partial charge on any atom is -0.350 e. The van der Waals surface area contributed by atoms with Crippen LogP contribution in [0.5, 0.6) is 0 Å². The molecule has 86 valence electrons. The molecule has 1 aromatic carbocycles. The van der Waals surface area contributed by atoms with Crippen molar-refractivity contribution in [3.63, 3.8) is 0 Å². The standard InChI is InChI=1S/C12H11N3O2/c1-8-12(17)14-11(16)7-15(8)10-4-2-9(6-13)3-5-10/h2-5,8H,7H2,1H3,(H,14,16,17). The second kappa shape index (κ2) is 4.26. The van der Waals surface area contributed by atoms with Crippen LogP contribution in [0.1, 0.15) is 12.5 Å². The molecule has 0 aliphatic carbocycles. The smallest absolute Gasteiger partial charge is 0.249 e. The van der Waals surface area contributed by atoms with E-state index >= 15 is 0 Å². The van der Waals surface area contributed by atoms with Crippen LogP contribution in [-0.4, -0.2) is 24.4 Å². The van der Waals surface area contributed by atoms with Gasteiger partial charge in [0.15, 0.2) is 0 Å². The second-order valence-electron chi connectivity index (χ2n) is 3.87. The number of rotatable bonds is 1. The first-order valence-electron chi connectivity index (χ1n) is 5.22. The molecule has 2 amide bonds. The van der Waals surface area contributed by atoms with E-state index in [1.165, 1.54) is 0 Å². The van der Waals surface area contributed by atoms with E-state index in [0.29, 0.717) is 5.56 Å². The van der Waals surface area contributed by atoms with Crippen LogP contribution >= 0.6 is 0 Å². The first kappa shape index (κ1) is 11.1. The number of piperazine rings is 1. The van der Waals surface area contributed by atoms with Crippen molar-refractivity contribution in [3.8, 4) is 6.07 Å². The number of hydrogen-bond acceptors (Lipinski definition) is 4. The molecule has 1 aromatic rings. The summed E-state index contributed by atoms with van der Waals surface area (Å²) in [6.07, 6.45) is 0. The van der Waals surface area contributed by atoms with E-state index < -0.39 is 0 Å². The molecule has 0 aromatic heterocycles. The molecule has 0 bridgehead atoms. The Balaban J connectivity index is 2.28. The van der Waals surface area contributed by atoms with Crippen molar-refractivity contribution >= 4 is 17.5 Å². The molecule has 1 unspecified atom stereocenters. The summed E-state index contributed by atoms with van der Waals surface area (Å²) in [5.74, 6) is -0.608. The number of nitrogens with zero attached hydrogens (tertiary/aromatic N) is 2. The maximum Gasteiger partial charge on any atom is 0.249 e. The van der Waals surface area contributed by atoms with Crippen LogP contribution in [0.2, 0.25) is 0 Å². The normalized spacial score (nSPS) is 19.8. The Kier molecular flexibility index (Phi) is 2.79. The molecular formula is C12H11N3O2. The Morgan fingerprint density at radius 1 is 1.35 bits per heavy atom. The number of nitriles is 1. The van der Waals surface area contributed by atoms with Gasteiger partial charge in [-0.3, -0.25) is 14.9 Å². The van der Waals surface area contributed by atoms with Gasteiger partial charge in [-0.2, -0.15) is 5.26 Å². The Morgan fingerprint density at radius 2 is 2.00 bits per heavy atom. The molecule has 1 heterocycles. The fourth-order valence-corrected chi connectivity index (χ4v) is 1.76. The van der Waals surface area contributed by atoms with Crippen LogP contribution in [0, 0.1) is 11.3 Å². The van der Waals surface area contributed by atoms with Gasteiger partial charge in [-0.05, 0) is 31.2 Å². The molecular weight excluding hydrogens is 218 g/mol. The highest BCUT2D eigenvalue weighted by molar-refractivity contribution is 6.04. The predicted octanol–water partition coefficient (Wildman–Crippen LogP) is 0.410. The predicted molar refractivity (Wildman–Crippen MR) is 61.1 cm³/mol.